The predicted molar refractivity (Wildman–Crippen MR) is 101 cm³/mol. The number of rotatable bonds is 4. The summed E-state index contributed by atoms with van der Waals surface area (Å²) in [6.45, 7) is 0.237. The smallest absolute Gasteiger partial charge is 0.249 e. The minimum atomic E-state index is 0.237. The summed E-state index contributed by atoms with van der Waals surface area (Å²) in [6.07, 6.45) is 3.31. The lowest BCUT2D eigenvalue weighted by Crippen LogP contribution is -2.03. The fourth-order valence-corrected chi connectivity index (χ4v) is 2.86. The van der Waals surface area contributed by atoms with Crippen LogP contribution >= 0.6 is 0 Å². The molecule has 1 aliphatic heterocycles. The van der Waals surface area contributed by atoms with Crippen LogP contribution in [0.2, 0.25) is 0 Å². The first-order valence-corrected chi connectivity index (χ1v) is 8.32. The van der Waals surface area contributed by atoms with Crippen LogP contribution in [0.4, 0.5) is 23.1 Å². The molecule has 0 fully saturated rings. The molecule has 0 saturated carbocycles. The van der Waals surface area contributed by atoms with Crippen molar-refractivity contribution in [2.24, 2.45) is 0 Å². The molecule has 5 rings (SSSR count). The zero-order valence-corrected chi connectivity index (χ0v) is 14.1. The highest BCUT2D eigenvalue weighted by Crippen LogP contribution is 2.35. The second-order valence-electron chi connectivity index (χ2n) is 5.86. The molecule has 0 unspecified atom stereocenters. The van der Waals surface area contributed by atoms with E-state index in [1.54, 1.807) is 12.4 Å². The quantitative estimate of drug-likeness (QED) is 0.571. The molecule has 8 nitrogen and oxygen atoms in total. The maximum absolute atomic E-state index is 5.39. The van der Waals surface area contributed by atoms with Crippen molar-refractivity contribution in [3.8, 4) is 11.5 Å². The Morgan fingerprint density at radius 1 is 0.926 bits per heavy atom. The van der Waals surface area contributed by atoms with Crippen LogP contribution in [-0.2, 0) is 0 Å². The molecule has 8 heteroatoms. The normalized spacial score (nSPS) is 12.1. The Bertz CT molecular complexity index is 1130. The number of pyridine rings is 1. The molecule has 0 saturated heterocycles. The minimum Gasteiger partial charge on any atom is -0.454 e. The molecule has 0 atom stereocenters. The van der Waals surface area contributed by atoms with Gasteiger partial charge in [0.25, 0.3) is 0 Å². The fraction of sp³-hybridized carbons (Fsp3) is 0.0526. The van der Waals surface area contributed by atoms with E-state index in [4.69, 9.17) is 9.47 Å². The van der Waals surface area contributed by atoms with E-state index < -0.39 is 0 Å². The van der Waals surface area contributed by atoms with E-state index >= 15 is 0 Å². The van der Waals surface area contributed by atoms with Gasteiger partial charge < -0.3 is 20.1 Å². The van der Waals surface area contributed by atoms with Crippen molar-refractivity contribution < 1.29 is 9.47 Å². The summed E-state index contributed by atoms with van der Waals surface area (Å²) in [5.74, 6) is 2.35. The Morgan fingerprint density at radius 2 is 1.85 bits per heavy atom. The Labute approximate surface area is 154 Å². The van der Waals surface area contributed by atoms with Crippen LogP contribution in [0, 0.1) is 0 Å². The number of ether oxygens (including phenoxy) is 2. The number of nitrogens with one attached hydrogen (secondary N) is 2. The predicted octanol–water partition coefficient (Wildman–Crippen LogP) is 3.64. The van der Waals surface area contributed by atoms with Gasteiger partial charge in [0.1, 0.15) is 0 Å². The first-order chi connectivity index (χ1) is 13.3. The summed E-state index contributed by atoms with van der Waals surface area (Å²) in [5, 5.41) is 15.5. The first-order valence-electron chi connectivity index (χ1n) is 8.32. The highest BCUT2D eigenvalue weighted by atomic mass is 16.7. The molecular formula is C19H14N6O2. The molecule has 0 spiro atoms. The number of benzene rings is 2. The molecule has 0 radical (unpaired) electrons. The number of nitrogens with zero attached hydrogens (tertiary/aromatic N) is 4. The topological polar surface area (TPSA) is 94.1 Å². The molecule has 2 N–H and O–H groups in total. The van der Waals surface area contributed by atoms with Gasteiger partial charge in [0.05, 0.1) is 17.4 Å². The van der Waals surface area contributed by atoms with Crippen molar-refractivity contribution in [1.29, 1.82) is 0 Å². The van der Waals surface area contributed by atoms with E-state index in [1.165, 1.54) is 0 Å². The molecule has 1 aliphatic rings. The standard InChI is InChI=1S/C19H14N6O2/c1-3-12-4-2-8-20-18(12)14(5-1)23-19-24-17(10-21-25-19)22-13-6-7-15-16(9-13)27-11-26-15/h1-10H,11H2,(H2,22,23,24,25). The maximum atomic E-state index is 5.39. The number of hydrogen-bond donors (Lipinski definition) is 2. The molecule has 0 bridgehead atoms. The highest BCUT2D eigenvalue weighted by molar-refractivity contribution is 5.91. The van der Waals surface area contributed by atoms with Crippen LogP contribution in [0.25, 0.3) is 10.9 Å². The van der Waals surface area contributed by atoms with Crippen molar-refractivity contribution in [3.63, 3.8) is 0 Å². The van der Waals surface area contributed by atoms with Crippen molar-refractivity contribution in [1.82, 2.24) is 20.2 Å². The van der Waals surface area contributed by atoms with Crippen LogP contribution in [0.15, 0.2) is 60.9 Å². The lowest BCUT2D eigenvalue weighted by atomic mass is 10.2. The summed E-state index contributed by atoms with van der Waals surface area (Å²) < 4.78 is 10.7. The largest absolute Gasteiger partial charge is 0.454 e. The lowest BCUT2D eigenvalue weighted by Gasteiger charge is -2.09. The number of hydrogen-bond acceptors (Lipinski definition) is 8. The molecule has 132 valence electrons. The van der Waals surface area contributed by atoms with Gasteiger partial charge in [0.15, 0.2) is 17.3 Å². The summed E-state index contributed by atoms with van der Waals surface area (Å²) in [4.78, 5) is 8.89. The lowest BCUT2D eigenvalue weighted by molar-refractivity contribution is 0.174. The summed E-state index contributed by atoms with van der Waals surface area (Å²) in [5.41, 5.74) is 2.48. The van der Waals surface area contributed by atoms with Crippen LogP contribution in [0.5, 0.6) is 11.5 Å². The number of anilines is 4. The average Bonchev–Trinajstić information content (AvgIpc) is 3.16. The van der Waals surface area contributed by atoms with E-state index in [0.29, 0.717) is 17.5 Å². The van der Waals surface area contributed by atoms with E-state index in [2.05, 4.69) is 30.8 Å². The molecule has 2 aromatic heterocycles. The van der Waals surface area contributed by atoms with Crippen LogP contribution in [-0.4, -0.2) is 27.0 Å². The van der Waals surface area contributed by atoms with E-state index in [0.717, 1.165) is 28.0 Å². The van der Waals surface area contributed by atoms with Crippen molar-refractivity contribution in [2.75, 3.05) is 17.4 Å². The van der Waals surface area contributed by atoms with E-state index in [9.17, 15) is 0 Å². The Balaban J connectivity index is 1.40. The molecule has 3 heterocycles. The van der Waals surface area contributed by atoms with Crippen molar-refractivity contribution in [3.05, 3.63) is 60.9 Å². The van der Waals surface area contributed by atoms with Crippen LogP contribution in [0.1, 0.15) is 0 Å². The molecule has 2 aromatic carbocycles. The van der Waals surface area contributed by atoms with Gasteiger partial charge >= 0.3 is 0 Å². The first kappa shape index (κ1) is 15.3. The van der Waals surface area contributed by atoms with Gasteiger partial charge in [-0.3, -0.25) is 4.98 Å². The van der Waals surface area contributed by atoms with Gasteiger partial charge in [-0.15, -0.1) is 5.10 Å². The van der Waals surface area contributed by atoms with Crippen molar-refractivity contribution in [2.45, 2.75) is 0 Å². The van der Waals surface area contributed by atoms with Gasteiger partial charge in [-0.05, 0) is 24.3 Å². The zero-order chi connectivity index (χ0) is 18.1. The van der Waals surface area contributed by atoms with Gasteiger partial charge in [0.2, 0.25) is 12.7 Å². The van der Waals surface area contributed by atoms with Gasteiger partial charge in [-0.1, -0.05) is 18.2 Å². The number of aromatic nitrogens is 4. The molecule has 27 heavy (non-hydrogen) atoms. The monoisotopic (exact) mass is 358 g/mol. The van der Waals surface area contributed by atoms with Crippen LogP contribution < -0.4 is 20.1 Å². The van der Waals surface area contributed by atoms with Crippen molar-refractivity contribution >= 4 is 34.0 Å². The highest BCUT2D eigenvalue weighted by Gasteiger charge is 2.13. The fourth-order valence-electron chi connectivity index (χ4n) is 2.86. The second-order valence-corrected chi connectivity index (χ2v) is 5.86. The zero-order valence-electron chi connectivity index (χ0n) is 14.1. The second kappa shape index (κ2) is 6.41. The van der Waals surface area contributed by atoms with Gasteiger partial charge in [0, 0.05) is 23.3 Å². The Kier molecular flexibility index (Phi) is 3.64. The summed E-state index contributed by atoms with van der Waals surface area (Å²) in [7, 11) is 0. The van der Waals surface area contributed by atoms with E-state index in [-0.39, 0.29) is 6.79 Å². The summed E-state index contributed by atoms with van der Waals surface area (Å²) in [6, 6.07) is 15.4. The van der Waals surface area contributed by atoms with Crippen LogP contribution in [0.3, 0.4) is 0 Å². The van der Waals surface area contributed by atoms with Gasteiger partial charge in [-0.2, -0.15) is 10.1 Å². The number of fused-ring (bicyclic) bond motifs is 2. The Morgan fingerprint density at radius 3 is 2.85 bits per heavy atom. The molecule has 0 amide bonds. The molecular weight excluding hydrogens is 344 g/mol. The third-order valence-electron chi connectivity index (χ3n) is 4.08. The van der Waals surface area contributed by atoms with E-state index in [1.807, 2.05) is 48.5 Å². The number of para-hydroxylation sites is 1. The third-order valence-corrected chi connectivity index (χ3v) is 4.08. The molecule has 4 aromatic rings. The SMILES string of the molecule is c1cnc2c(Nc3nncc(Nc4ccc5c(c4)OCO5)n3)cccc2c1. The third kappa shape index (κ3) is 3.04. The molecule has 0 aliphatic carbocycles. The maximum Gasteiger partial charge on any atom is 0.249 e. The van der Waals surface area contributed by atoms with Gasteiger partial charge in [-0.25, -0.2) is 0 Å². The Hall–Kier alpha value is -3.94. The summed E-state index contributed by atoms with van der Waals surface area (Å²) >= 11 is 0. The average molecular weight is 358 g/mol. The minimum absolute atomic E-state index is 0.237.